The molecule has 0 spiro atoms. The summed E-state index contributed by atoms with van der Waals surface area (Å²) in [5.41, 5.74) is 2.98. The Bertz CT molecular complexity index is 1150. The first-order chi connectivity index (χ1) is 15.5. The molecule has 0 amide bonds. The fraction of sp³-hybridized carbons (Fsp3) is 0.542. The van der Waals surface area contributed by atoms with Crippen molar-refractivity contribution in [1.29, 1.82) is 0 Å². The van der Waals surface area contributed by atoms with Crippen LogP contribution in [0.15, 0.2) is 35.3 Å². The molecule has 2 unspecified atom stereocenters. The quantitative estimate of drug-likeness (QED) is 0.662. The van der Waals surface area contributed by atoms with Crippen LogP contribution in [0.5, 0.6) is 0 Å². The number of rotatable bonds is 5. The van der Waals surface area contributed by atoms with Crippen LogP contribution in [0.4, 0.5) is 5.69 Å². The van der Waals surface area contributed by atoms with Crippen molar-refractivity contribution in [2.75, 3.05) is 45.3 Å². The second kappa shape index (κ2) is 8.67. The summed E-state index contributed by atoms with van der Waals surface area (Å²) in [5, 5.41) is 4.91. The summed E-state index contributed by atoms with van der Waals surface area (Å²) in [6.07, 6.45) is 3.49. The van der Waals surface area contributed by atoms with E-state index in [9.17, 15) is 4.79 Å². The van der Waals surface area contributed by atoms with Crippen LogP contribution < -0.4 is 10.5 Å². The summed E-state index contributed by atoms with van der Waals surface area (Å²) in [6.45, 7) is 6.46. The molecule has 2 saturated heterocycles. The van der Waals surface area contributed by atoms with Gasteiger partial charge in [-0.05, 0) is 30.4 Å². The molecule has 170 valence electrons. The van der Waals surface area contributed by atoms with Gasteiger partial charge in [0.15, 0.2) is 5.52 Å². The van der Waals surface area contributed by atoms with Crippen molar-refractivity contribution >= 4 is 11.2 Å². The summed E-state index contributed by atoms with van der Waals surface area (Å²) in [7, 11) is 4.17. The minimum absolute atomic E-state index is 0.107. The molecule has 2 aromatic heterocycles. The van der Waals surface area contributed by atoms with Crippen molar-refractivity contribution in [3.63, 3.8) is 0 Å². The maximum absolute atomic E-state index is 12.9. The first-order valence-electron chi connectivity index (χ1n) is 11.5. The lowest BCUT2D eigenvalue weighted by atomic mass is 9.97. The number of ether oxygens (including phenoxy) is 1. The Morgan fingerprint density at radius 1 is 1.19 bits per heavy atom. The number of H-pyrrole nitrogens is 1. The van der Waals surface area contributed by atoms with E-state index in [4.69, 9.17) is 9.84 Å². The van der Waals surface area contributed by atoms with Crippen LogP contribution in [-0.2, 0) is 11.3 Å². The Labute approximate surface area is 188 Å². The number of hydrogen-bond donors (Lipinski definition) is 1. The highest BCUT2D eigenvalue weighted by molar-refractivity contribution is 5.52. The van der Waals surface area contributed by atoms with Gasteiger partial charge in [-0.1, -0.05) is 25.1 Å². The molecule has 5 rings (SSSR count). The van der Waals surface area contributed by atoms with Gasteiger partial charge >= 0.3 is 0 Å². The van der Waals surface area contributed by atoms with E-state index in [0.717, 1.165) is 57.3 Å². The maximum Gasteiger partial charge on any atom is 0.276 e. The smallest absolute Gasteiger partial charge is 0.276 e. The molecule has 3 aromatic rings. The summed E-state index contributed by atoms with van der Waals surface area (Å²) in [6, 6.07) is 8.55. The number of nitrogens with one attached hydrogen (secondary N) is 1. The lowest BCUT2D eigenvalue weighted by Gasteiger charge is -2.22. The van der Waals surface area contributed by atoms with Gasteiger partial charge in [0, 0.05) is 64.5 Å². The van der Waals surface area contributed by atoms with Crippen molar-refractivity contribution in [2.45, 2.75) is 38.1 Å². The molecule has 0 aliphatic carbocycles. The molecule has 8 nitrogen and oxygen atoms in total. The third kappa shape index (κ3) is 3.93. The molecule has 4 heterocycles. The van der Waals surface area contributed by atoms with E-state index < -0.39 is 0 Å². The maximum atomic E-state index is 12.9. The van der Waals surface area contributed by atoms with Gasteiger partial charge in [0.05, 0.1) is 6.20 Å². The number of aromatic amines is 1. The van der Waals surface area contributed by atoms with Gasteiger partial charge in [-0.15, -0.1) is 0 Å². The van der Waals surface area contributed by atoms with E-state index in [1.165, 1.54) is 11.3 Å². The Kier molecular flexibility index (Phi) is 5.73. The zero-order valence-electron chi connectivity index (χ0n) is 19.1. The number of fused-ring (bicyclic) bond motifs is 1. The van der Waals surface area contributed by atoms with E-state index >= 15 is 0 Å². The minimum Gasteiger partial charge on any atom is -0.381 e. The minimum atomic E-state index is -0.107. The van der Waals surface area contributed by atoms with Gasteiger partial charge in [-0.3, -0.25) is 9.69 Å². The lowest BCUT2D eigenvalue weighted by Crippen LogP contribution is -2.24. The second-order valence-corrected chi connectivity index (χ2v) is 9.44. The summed E-state index contributed by atoms with van der Waals surface area (Å²) in [4.78, 5) is 25.1. The highest BCUT2D eigenvalue weighted by Crippen LogP contribution is 2.33. The van der Waals surface area contributed by atoms with E-state index in [1.54, 1.807) is 10.7 Å². The highest BCUT2D eigenvalue weighted by atomic mass is 16.5. The van der Waals surface area contributed by atoms with E-state index in [0.29, 0.717) is 11.4 Å². The number of nitrogens with zero attached hydrogens (tertiary/aromatic N) is 5. The molecule has 1 aromatic carbocycles. The number of benzene rings is 1. The first kappa shape index (κ1) is 21.2. The second-order valence-electron chi connectivity index (χ2n) is 9.44. The van der Waals surface area contributed by atoms with Crippen molar-refractivity contribution in [1.82, 2.24) is 24.5 Å². The molecule has 2 aliphatic rings. The van der Waals surface area contributed by atoms with Crippen molar-refractivity contribution in [3.05, 3.63) is 58.0 Å². The standard InChI is InChI=1S/C24H32N6O2/c1-16-13-29(14-18-6-4-5-7-20(18)28(2)3)15-19(16)22-26-24(31)21-12-25-23(30(21)27-22)17-8-10-32-11-9-17/h4-7,12,16-17,19H,8-11,13-15H2,1-3H3,(H,26,27,31). The summed E-state index contributed by atoms with van der Waals surface area (Å²) >= 11 is 0. The van der Waals surface area contributed by atoms with Gasteiger partial charge in [0.25, 0.3) is 5.56 Å². The van der Waals surface area contributed by atoms with Gasteiger partial charge < -0.3 is 14.6 Å². The Balaban J connectivity index is 1.41. The van der Waals surface area contributed by atoms with Crippen molar-refractivity contribution < 1.29 is 4.74 Å². The van der Waals surface area contributed by atoms with E-state index in [-0.39, 0.29) is 17.4 Å². The highest BCUT2D eigenvalue weighted by Gasteiger charge is 2.34. The van der Waals surface area contributed by atoms with Gasteiger partial charge in [0.1, 0.15) is 11.6 Å². The van der Waals surface area contributed by atoms with Crippen LogP contribution >= 0.6 is 0 Å². The Morgan fingerprint density at radius 3 is 2.75 bits per heavy atom. The van der Waals surface area contributed by atoms with Crippen molar-refractivity contribution in [2.24, 2.45) is 5.92 Å². The van der Waals surface area contributed by atoms with Crippen LogP contribution in [0.25, 0.3) is 5.52 Å². The summed E-state index contributed by atoms with van der Waals surface area (Å²) < 4.78 is 7.30. The van der Waals surface area contributed by atoms with Crippen LogP contribution in [0.2, 0.25) is 0 Å². The molecule has 2 atom stereocenters. The molecule has 8 heteroatoms. The molecule has 2 fully saturated rings. The summed E-state index contributed by atoms with van der Waals surface area (Å²) in [5.74, 6) is 2.52. The predicted molar refractivity (Wildman–Crippen MR) is 124 cm³/mol. The number of imidazole rings is 1. The van der Waals surface area contributed by atoms with Crippen LogP contribution in [0.1, 0.15) is 48.8 Å². The van der Waals surface area contributed by atoms with Gasteiger partial charge in [0.2, 0.25) is 0 Å². The monoisotopic (exact) mass is 436 g/mol. The molecule has 2 aliphatic heterocycles. The SMILES string of the molecule is CC1CN(Cc2ccccc2N(C)C)CC1c1nn2c(C3CCOCC3)ncc2c(=O)[nH]1. The fourth-order valence-electron chi connectivity index (χ4n) is 5.21. The Hall–Kier alpha value is -2.71. The average Bonchev–Trinajstić information content (AvgIpc) is 3.38. The molecular weight excluding hydrogens is 404 g/mol. The van der Waals surface area contributed by atoms with Crippen LogP contribution in [-0.4, -0.2) is 64.9 Å². The van der Waals surface area contributed by atoms with Crippen molar-refractivity contribution in [3.8, 4) is 0 Å². The van der Waals surface area contributed by atoms with Gasteiger partial charge in [-0.2, -0.15) is 5.10 Å². The van der Waals surface area contributed by atoms with Gasteiger partial charge in [-0.25, -0.2) is 9.50 Å². The lowest BCUT2D eigenvalue weighted by molar-refractivity contribution is 0.0832. The zero-order chi connectivity index (χ0) is 22.2. The number of hydrogen-bond acceptors (Lipinski definition) is 6. The predicted octanol–water partition coefficient (Wildman–Crippen LogP) is 2.61. The fourth-order valence-corrected chi connectivity index (χ4v) is 5.21. The molecule has 0 bridgehead atoms. The Morgan fingerprint density at radius 2 is 1.97 bits per heavy atom. The normalized spacial score (nSPS) is 22.6. The third-order valence-electron chi connectivity index (χ3n) is 6.94. The molecule has 0 radical (unpaired) electrons. The van der Waals surface area contributed by atoms with Crippen LogP contribution in [0, 0.1) is 5.92 Å². The molecule has 32 heavy (non-hydrogen) atoms. The number of likely N-dealkylation sites (tertiary alicyclic amines) is 1. The topological polar surface area (TPSA) is 78.8 Å². The molecular formula is C24H32N6O2. The zero-order valence-corrected chi connectivity index (χ0v) is 19.1. The molecule has 1 N–H and O–H groups in total. The molecule has 0 saturated carbocycles. The van der Waals surface area contributed by atoms with E-state index in [2.05, 4.69) is 65.1 Å². The number of para-hydroxylation sites is 1. The van der Waals surface area contributed by atoms with E-state index in [1.807, 2.05) is 0 Å². The number of aromatic nitrogens is 4. The third-order valence-corrected chi connectivity index (χ3v) is 6.94. The number of anilines is 1. The first-order valence-corrected chi connectivity index (χ1v) is 11.5. The van der Waals surface area contributed by atoms with Crippen LogP contribution in [0.3, 0.4) is 0 Å². The largest absolute Gasteiger partial charge is 0.381 e. The average molecular weight is 437 g/mol.